The topological polar surface area (TPSA) is 106 Å². The number of anilines is 1. The number of H-pyrrole nitrogens is 1. The van der Waals surface area contributed by atoms with Gasteiger partial charge in [0.05, 0.1) is 5.56 Å². The Morgan fingerprint density at radius 1 is 1.21 bits per heavy atom. The van der Waals surface area contributed by atoms with Crippen LogP contribution >= 0.6 is 15.9 Å². The summed E-state index contributed by atoms with van der Waals surface area (Å²) < 4.78 is 39.6. The van der Waals surface area contributed by atoms with Crippen LogP contribution in [0, 0.1) is 22.7 Å². The van der Waals surface area contributed by atoms with Gasteiger partial charge in [-0.1, -0.05) is 28.1 Å². The first-order chi connectivity index (χ1) is 11.2. The van der Waals surface area contributed by atoms with Gasteiger partial charge in [-0.2, -0.15) is 23.7 Å². The molecule has 9 heteroatoms. The highest BCUT2D eigenvalue weighted by Crippen LogP contribution is 2.37. The van der Waals surface area contributed by atoms with E-state index in [0.717, 1.165) is 6.07 Å². The third-order valence-electron chi connectivity index (χ3n) is 3.32. The Morgan fingerprint density at radius 3 is 2.33 bits per heavy atom. The summed E-state index contributed by atoms with van der Waals surface area (Å²) in [5.41, 5.74) is 2.71. The average Bonchev–Trinajstić information content (AvgIpc) is 2.52. The number of nitrogen functional groups attached to an aromatic ring is 1. The summed E-state index contributed by atoms with van der Waals surface area (Å²) in [5, 5.41) is 18.3. The first kappa shape index (κ1) is 17.6. The molecule has 0 unspecified atom stereocenters. The summed E-state index contributed by atoms with van der Waals surface area (Å²) in [6.45, 7) is 0. The molecule has 0 aliphatic carbocycles. The molecule has 0 bridgehead atoms. The van der Waals surface area contributed by atoms with Crippen molar-refractivity contribution in [2.45, 2.75) is 11.5 Å². The molecule has 0 amide bonds. The third kappa shape index (κ3) is 2.99. The lowest BCUT2D eigenvalue weighted by atomic mass is 9.93. The normalized spacial score (nSPS) is 10.9. The van der Waals surface area contributed by atoms with Gasteiger partial charge < -0.3 is 10.7 Å². The van der Waals surface area contributed by atoms with Crippen molar-refractivity contribution < 1.29 is 13.2 Å². The maximum absolute atomic E-state index is 13.2. The Morgan fingerprint density at radius 2 is 1.83 bits per heavy atom. The molecule has 24 heavy (non-hydrogen) atoms. The van der Waals surface area contributed by atoms with Crippen LogP contribution in [-0.2, 0) is 11.5 Å². The number of hydrogen-bond acceptors (Lipinski definition) is 4. The quantitative estimate of drug-likeness (QED) is 0.759. The molecular weight excluding hydrogens is 389 g/mol. The zero-order valence-corrected chi connectivity index (χ0v) is 13.4. The highest BCUT2D eigenvalue weighted by Gasteiger charge is 2.34. The van der Waals surface area contributed by atoms with Crippen LogP contribution in [0.5, 0.6) is 0 Å². The van der Waals surface area contributed by atoms with E-state index in [9.17, 15) is 23.2 Å². The molecule has 0 saturated heterocycles. The zero-order chi connectivity index (χ0) is 18.1. The van der Waals surface area contributed by atoms with Crippen molar-refractivity contribution in [2.75, 3.05) is 5.73 Å². The lowest BCUT2D eigenvalue weighted by molar-refractivity contribution is -0.138. The van der Waals surface area contributed by atoms with Crippen LogP contribution in [0.3, 0.4) is 0 Å². The van der Waals surface area contributed by atoms with Crippen molar-refractivity contribution in [3.05, 3.63) is 50.8 Å². The monoisotopic (exact) mass is 396 g/mol. The molecule has 1 aromatic carbocycles. The van der Waals surface area contributed by atoms with Gasteiger partial charge in [-0.3, -0.25) is 4.79 Å². The van der Waals surface area contributed by atoms with Crippen molar-refractivity contribution in [3.63, 3.8) is 0 Å². The highest BCUT2D eigenvalue weighted by atomic mass is 79.9. The van der Waals surface area contributed by atoms with Gasteiger partial charge in [0.25, 0.3) is 5.56 Å². The van der Waals surface area contributed by atoms with E-state index in [-0.39, 0.29) is 33.4 Å². The molecule has 1 heterocycles. The summed E-state index contributed by atoms with van der Waals surface area (Å²) in [4.78, 5) is 14.0. The smallest absolute Gasteiger partial charge is 0.384 e. The predicted molar refractivity (Wildman–Crippen MR) is 84.0 cm³/mol. The molecular formula is C15H8BrF3N4O. The van der Waals surface area contributed by atoms with E-state index in [1.54, 1.807) is 12.1 Å². The predicted octanol–water partition coefficient (Wildman–Crippen LogP) is 3.28. The van der Waals surface area contributed by atoms with Crippen LogP contribution in [0.1, 0.15) is 22.3 Å². The Kier molecular flexibility index (Phi) is 4.67. The fourth-order valence-corrected chi connectivity index (χ4v) is 2.73. The third-order valence-corrected chi connectivity index (χ3v) is 3.92. The SMILES string of the molecule is N#Cc1c(N)[nH]c(=O)c(C#N)c1-c1ccc(CBr)c(C(F)(F)F)c1. The number of rotatable bonds is 2. The van der Waals surface area contributed by atoms with Crippen LogP contribution < -0.4 is 11.3 Å². The second-order valence-electron chi connectivity index (χ2n) is 4.72. The standard InChI is InChI=1S/C15H8BrF3N4O/c16-4-8-2-1-7(3-11(8)15(17,18)19)12-9(5-20)13(22)23-14(24)10(12)6-21/h1-3H,4H2,(H3,22,23,24). The molecule has 0 radical (unpaired) electrons. The van der Waals surface area contributed by atoms with Gasteiger partial charge >= 0.3 is 6.18 Å². The fraction of sp³-hybridized carbons (Fsp3) is 0.133. The van der Waals surface area contributed by atoms with Gasteiger partial charge in [-0.25, -0.2) is 0 Å². The molecule has 5 nitrogen and oxygen atoms in total. The van der Waals surface area contributed by atoms with E-state index >= 15 is 0 Å². The minimum atomic E-state index is -4.63. The molecule has 3 N–H and O–H groups in total. The van der Waals surface area contributed by atoms with E-state index < -0.39 is 22.9 Å². The molecule has 0 saturated carbocycles. The highest BCUT2D eigenvalue weighted by molar-refractivity contribution is 9.08. The van der Waals surface area contributed by atoms with Crippen LogP contribution in [0.2, 0.25) is 0 Å². The Hall–Kier alpha value is -2.78. The van der Waals surface area contributed by atoms with E-state index in [4.69, 9.17) is 11.0 Å². The summed E-state index contributed by atoms with van der Waals surface area (Å²) >= 11 is 2.98. The number of alkyl halides is 4. The van der Waals surface area contributed by atoms with Gasteiger partial charge in [0.15, 0.2) is 0 Å². The molecule has 0 aliphatic heterocycles. The largest absolute Gasteiger partial charge is 0.416 e. The van der Waals surface area contributed by atoms with Gasteiger partial charge in [-0.15, -0.1) is 0 Å². The van der Waals surface area contributed by atoms with E-state index in [2.05, 4.69) is 20.9 Å². The van der Waals surface area contributed by atoms with Crippen molar-refractivity contribution >= 4 is 21.7 Å². The number of nitrogens with zero attached hydrogens (tertiary/aromatic N) is 2. The number of aromatic nitrogens is 1. The second kappa shape index (κ2) is 6.38. The van der Waals surface area contributed by atoms with Crippen molar-refractivity contribution in [3.8, 4) is 23.3 Å². The molecule has 122 valence electrons. The number of hydrogen-bond donors (Lipinski definition) is 2. The number of nitrogens with two attached hydrogens (primary N) is 1. The number of halogens is 4. The van der Waals surface area contributed by atoms with Gasteiger partial charge in [-0.05, 0) is 17.2 Å². The number of nitrogens with one attached hydrogen (secondary N) is 1. The molecule has 0 fully saturated rings. The first-order valence-electron chi connectivity index (χ1n) is 6.37. The molecule has 2 aromatic rings. The van der Waals surface area contributed by atoms with Gasteiger partial charge in [0.2, 0.25) is 0 Å². The van der Waals surface area contributed by atoms with Gasteiger partial charge in [0.1, 0.15) is 29.1 Å². The Labute approximate surface area is 142 Å². The lowest BCUT2D eigenvalue weighted by Crippen LogP contribution is -2.16. The number of pyridine rings is 1. The first-order valence-corrected chi connectivity index (χ1v) is 7.49. The van der Waals surface area contributed by atoms with Crippen molar-refractivity contribution in [1.82, 2.24) is 4.98 Å². The van der Waals surface area contributed by atoms with Crippen LogP contribution in [-0.4, -0.2) is 4.98 Å². The van der Waals surface area contributed by atoms with E-state index in [0.29, 0.717) is 0 Å². The maximum Gasteiger partial charge on any atom is 0.416 e. The molecule has 2 rings (SSSR count). The summed E-state index contributed by atoms with van der Waals surface area (Å²) in [6.07, 6.45) is -4.63. The fourth-order valence-electron chi connectivity index (χ4n) is 2.24. The number of benzene rings is 1. The van der Waals surface area contributed by atoms with Crippen molar-refractivity contribution in [1.29, 1.82) is 10.5 Å². The number of aromatic amines is 1. The van der Waals surface area contributed by atoms with Crippen LogP contribution in [0.15, 0.2) is 23.0 Å². The molecule has 1 aromatic heterocycles. The second-order valence-corrected chi connectivity index (χ2v) is 5.28. The van der Waals surface area contributed by atoms with Gasteiger partial charge in [0, 0.05) is 10.9 Å². The average molecular weight is 397 g/mol. The molecule has 0 spiro atoms. The van der Waals surface area contributed by atoms with E-state index in [1.807, 2.05) is 0 Å². The maximum atomic E-state index is 13.2. The Bertz CT molecular complexity index is 951. The summed E-state index contributed by atoms with van der Waals surface area (Å²) in [7, 11) is 0. The van der Waals surface area contributed by atoms with E-state index in [1.165, 1.54) is 12.1 Å². The summed E-state index contributed by atoms with van der Waals surface area (Å²) in [6, 6.07) is 6.64. The van der Waals surface area contributed by atoms with Crippen LogP contribution in [0.25, 0.3) is 11.1 Å². The van der Waals surface area contributed by atoms with Crippen molar-refractivity contribution in [2.24, 2.45) is 0 Å². The Balaban J connectivity index is 2.91. The molecule has 0 atom stereocenters. The number of nitriles is 2. The lowest BCUT2D eigenvalue weighted by Gasteiger charge is -2.15. The van der Waals surface area contributed by atoms with Crippen LogP contribution in [0.4, 0.5) is 19.0 Å². The minimum Gasteiger partial charge on any atom is -0.384 e. The molecule has 0 aliphatic rings. The zero-order valence-electron chi connectivity index (χ0n) is 11.8. The summed E-state index contributed by atoms with van der Waals surface area (Å²) in [5.74, 6) is -0.311. The minimum absolute atomic E-state index is 0.0129.